The summed E-state index contributed by atoms with van der Waals surface area (Å²) in [6.07, 6.45) is 2.26. The Morgan fingerprint density at radius 2 is 2.04 bits per heavy atom. The molecule has 2 aromatic carbocycles. The largest absolute Gasteiger partial charge is 0.367 e. The third-order valence-electron chi connectivity index (χ3n) is 4.73. The van der Waals surface area contributed by atoms with Gasteiger partial charge in [-0.3, -0.25) is 4.21 Å². The van der Waals surface area contributed by atoms with Crippen molar-refractivity contribution in [3.63, 3.8) is 0 Å². The first-order chi connectivity index (χ1) is 12.2. The summed E-state index contributed by atoms with van der Waals surface area (Å²) in [5, 5.41) is 0.546. The van der Waals surface area contributed by atoms with Gasteiger partial charge in [-0.15, -0.1) is 0 Å². The van der Waals surface area contributed by atoms with Crippen LogP contribution in [-0.2, 0) is 16.6 Å². The van der Waals surface area contributed by atoms with Gasteiger partial charge in [0.25, 0.3) is 0 Å². The number of imidazole rings is 1. The van der Waals surface area contributed by atoms with E-state index in [1.165, 1.54) is 16.8 Å². The Morgan fingerprint density at radius 1 is 1.20 bits per heavy atom. The van der Waals surface area contributed by atoms with E-state index >= 15 is 0 Å². The Kier molecular flexibility index (Phi) is 4.17. The molecule has 2 heterocycles. The van der Waals surface area contributed by atoms with Crippen LogP contribution in [0.4, 0.5) is 5.69 Å². The van der Waals surface area contributed by atoms with Gasteiger partial charge in [0.1, 0.15) is 0 Å². The van der Waals surface area contributed by atoms with Gasteiger partial charge in [-0.05, 0) is 37.1 Å². The summed E-state index contributed by atoms with van der Waals surface area (Å²) in [5.74, 6) is 0.465. The smallest absolute Gasteiger partial charge is 0.197 e. The van der Waals surface area contributed by atoms with Crippen LogP contribution in [0.3, 0.4) is 0 Å². The second kappa shape index (κ2) is 6.48. The van der Waals surface area contributed by atoms with Crippen molar-refractivity contribution >= 4 is 33.1 Å². The number of aromatic nitrogens is 2. The van der Waals surface area contributed by atoms with Gasteiger partial charge in [-0.25, -0.2) is 4.98 Å². The Bertz CT molecular complexity index is 957. The average Bonchev–Trinajstić information content (AvgIpc) is 3.07. The summed E-state index contributed by atoms with van der Waals surface area (Å²) in [6, 6.07) is 14.1. The lowest BCUT2D eigenvalue weighted by Gasteiger charge is -2.31. The van der Waals surface area contributed by atoms with Gasteiger partial charge in [-0.1, -0.05) is 36.4 Å². The summed E-state index contributed by atoms with van der Waals surface area (Å²) in [7, 11) is -1.21. The van der Waals surface area contributed by atoms with Crippen molar-refractivity contribution in [3.8, 4) is 0 Å². The third kappa shape index (κ3) is 2.89. The van der Waals surface area contributed by atoms with Crippen molar-refractivity contribution < 1.29 is 4.21 Å². The first-order valence-electron chi connectivity index (χ1n) is 8.54. The molecular formula is C20H21N3OS. The van der Waals surface area contributed by atoms with E-state index in [0.29, 0.717) is 10.9 Å². The predicted octanol–water partition coefficient (Wildman–Crippen LogP) is 4.11. The van der Waals surface area contributed by atoms with Gasteiger partial charge >= 0.3 is 0 Å². The van der Waals surface area contributed by atoms with E-state index in [1.54, 1.807) is 0 Å². The highest BCUT2D eigenvalue weighted by Gasteiger charge is 2.21. The molecule has 0 spiro atoms. The van der Waals surface area contributed by atoms with E-state index in [1.807, 2.05) is 24.3 Å². The lowest BCUT2D eigenvalue weighted by Crippen LogP contribution is -2.28. The minimum atomic E-state index is -1.21. The molecule has 0 saturated carbocycles. The number of rotatable bonds is 4. The fraction of sp³-hybridized carbons (Fsp3) is 0.250. The van der Waals surface area contributed by atoms with Crippen LogP contribution in [-0.4, -0.2) is 27.3 Å². The fourth-order valence-corrected chi connectivity index (χ4v) is 4.46. The van der Waals surface area contributed by atoms with Crippen LogP contribution in [0.25, 0.3) is 16.6 Å². The second-order valence-electron chi connectivity index (χ2n) is 6.29. The number of fused-ring (bicyclic) bond motifs is 2. The molecule has 1 aliphatic heterocycles. The Balaban J connectivity index is 1.70. The monoisotopic (exact) mass is 351 g/mol. The molecule has 0 saturated heterocycles. The number of benzene rings is 2. The van der Waals surface area contributed by atoms with E-state index in [4.69, 9.17) is 0 Å². The molecular weight excluding hydrogens is 330 g/mol. The van der Waals surface area contributed by atoms with Crippen LogP contribution in [0, 0.1) is 0 Å². The number of likely N-dealkylation sites (N-methyl/N-ethyl adjacent to an activating group) is 1. The summed E-state index contributed by atoms with van der Waals surface area (Å²) in [4.78, 5) is 10.0. The zero-order chi connectivity index (χ0) is 17.4. The Labute approximate surface area is 150 Å². The summed E-state index contributed by atoms with van der Waals surface area (Å²) >= 11 is 0. The Hall–Kier alpha value is -2.40. The number of allylic oxidation sites excluding steroid dienone is 1. The van der Waals surface area contributed by atoms with Crippen molar-refractivity contribution in [2.24, 2.45) is 0 Å². The highest BCUT2D eigenvalue weighted by molar-refractivity contribution is 7.84. The molecule has 4 nitrogen and oxygen atoms in total. The van der Waals surface area contributed by atoms with Crippen molar-refractivity contribution in [1.29, 1.82) is 0 Å². The lowest BCUT2D eigenvalue weighted by atomic mass is 9.97. The maximum atomic E-state index is 12.9. The molecule has 0 amide bonds. The summed E-state index contributed by atoms with van der Waals surface area (Å²) < 4.78 is 12.9. The molecule has 1 N–H and O–H groups in total. The molecule has 4 rings (SSSR count). The summed E-state index contributed by atoms with van der Waals surface area (Å²) in [6.45, 7) is 6.14. The molecule has 128 valence electrons. The van der Waals surface area contributed by atoms with Crippen LogP contribution in [0.5, 0.6) is 0 Å². The molecule has 0 aliphatic carbocycles. The number of nitrogens with one attached hydrogen (secondary N) is 1. The highest BCUT2D eigenvalue weighted by atomic mass is 32.2. The molecule has 1 atom stereocenters. The SMILES string of the molecule is CCN1CC=C(C)c2cccc(CS(=O)c3nc4ccccc4[nH]3)c21. The minimum absolute atomic E-state index is 0.465. The van der Waals surface area contributed by atoms with E-state index in [2.05, 4.69) is 53.0 Å². The van der Waals surface area contributed by atoms with Gasteiger partial charge in [0.05, 0.1) is 27.6 Å². The predicted molar refractivity (Wildman–Crippen MR) is 104 cm³/mol. The molecule has 5 heteroatoms. The van der Waals surface area contributed by atoms with Gasteiger partial charge in [-0.2, -0.15) is 0 Å². The number of aromatic amines is 1. The first kappa shape index (κ1) is 16.1. The first-order valence-corrected chi connectivity index (χ1v) is 9.86. The number of hydrogen-bond donors (Lipinski definition) is 1. The maximum absolute atomic E-state index is 12.9. The quantitative estimate of drug-likeness (QED) is 0.769. The number of para-hydroxylation sites is 3. The fourth-order valence-electron chi connectivity index (χ4n) is 3.38. The molecule has 25 heavy (non-hydrogen) atoms. The van der Waals surface area contributed by atoms with Crippen molar-refractivity contribution in [2.75, 3.05) is 18.0 Å². The van der Waals surface area contributed by atoms with Crippen LogP contribution >= 0.6 is 0 Å². The van der Waals surface area contributed by atoms with Crippen LogP contribution in [0.1, 0.15) is 25.0 Å². The van der Waals surface area contributed by atoms with Gasteiger partial charge in [0.15, 0.2) is 5.16 Å². The number of anilines is 1. The van der Waals surface area contributed by atoms with Gasteiger partial charge in [0, 0.05) is 24.3 Å². The summed E-state index contributed by atoms with van der Waals surface area (Å²) in [5.41, 5.74) is 6.65. The second-order valence-corrected chi connectivity index (χ2v) is 7.65. The van der Waals surface area contributed by atoms with E-state index in [0.717, 1.165) is 29.7 Å². The van der Waals surface area contributed by atoms with E-state index in [9.17, 15) is 4.21 Å². The van der Waals surface area contributed by atoms with Crippen molar-refractivity contribution in [3.05, 3.63) is 59.7 Å². The number of hydrogen-bond acceptors (Lipinski definition) is 3. The van der Waals surface area contributed by atoms with Crippen molar-refractivity contribution in [2.45, 2.75) is 24.8 Å². The molecule has 1 aliphatic rings. The number of nitrogens with zero attached hydrogens (tertiary/aromatic N) is 2. The molecule has 3 aromatic rings. The normalized spacial score (nSPS) is 15.1. The lowest BCUT2D eigenvalue weighted by molar-refractivity contribution is 0.677. The zero-order valence-electron chi connectivity index (χ0n) is 14.5. The minimum Gasteiger partial charge on any atom is -0.367 e. The van der Waals surface area contributed by atoms with Crippen LogP contribution < -0.4 is 4.90 Å². The third-order valence-corrected chi connectivity index (χ3v) is 5.93. The van der Waals surface area contributed by atoms with Crippen LogP contribution in [0.15, 0.2) is 53.7 Å². The number of H-pyrrole nitrogens is 1. The molecule has 0 fully saturated rings. The van der Waals surface area contributed by atoms with E-state index in [-0.39, 0.29) is 0 Å². The van der Waals surface area contributed by atoms with Gasteiger partial charge < -0.3 is 9.88 Å². The van der Waals surface area contributed by atoms with Gasteiger partial charge in [0.2, 0.25) is 0 Å². The molecule has 0 bridgehead atoms. The highest BCUT2D eigenvalue weighted by Crippen LogP contribution is 2.35. The molecule has 1 unspecified atom stereocenters. The zero-order valence-corrected chi connectivity index (χ0v) is 15.3. The molecule has 1 aromatic heterocycles. The standard InChI is InChI=1S/C20H21N3OS/c1-3-23-12-11-14(2)16-8-6-7-15(19(16)23)13-25(24)20-21-17-9-4-5-10-18(17)22-20/h4-11H,3,12-13H2,1-2H3,(H,21,22). The Morgan fingerprint density at radius 3 is 2.84 bits per heavy atom. The average molecular weight is 351 g/mol. The van der Waals surface area contributed by atoms with Crippen LogP contribution in [0.2, 0.25) is 0 Å². The van der Waals surface area contributed by atoms with E-state index < -0.39 is 10.8 Å². The molecule has 0 radical (unpaired) electrons. The topological polar surface area (TPSA) is 49.0 Å². The van der Waals surface area contributed by atoms with Crippen molar-refractivity contribution in [1.82, 2.24) is 9.97 Å². The maximum Gasteiger partial charge on any atom is 0.197 e.